The van der Waals surface area contributed by atoms with E-state index in [9.17, 15) is 14.4 Å². The lowest BCUT2D eigenvalue weighted by Gasteiger charge is -2.08. The number of nitrogens with zero attached hydrogens (tertiary/aromatic N) is 1. The van der Waals surface area contributed by atoms with E-state index < -0.39 is 17.9 Å². The third-order valence-electron chi connectivity index (χ3n) is 2.69. The van der Waals surface area contributed by atoms with Gasteiger partial charge < -0.3 is 9.63 Å². The normalized spacial score (nSPS) is 11.8. The second-order valence-electron chi connectivity index (χ2n) is 4.63. The van der Waals surface area contributed by atoms with E-state index >= 15 is 0 Å². The van der Waals surface area contributed by atoms with Crippen LogP contribution in [0, 0.1) is 19.8 Å². The van der Waals surface area contributed by atoms with Crippen molar-refractivity contribution in [3.8, 4) is 0 Å². The van der Waals surface area contributed by atoms with Crippen molar-refractivity contribution in [2.24, 2.45) is 5.92 Å². The van der Waals surface area contributed by atoms with Crippen LogP contribution >= 0.6 is 0 Å². The van der Waals surface area contributed by atoms with E-state index in [1.54, 1.807) is 20.8 Å². The van der Waals surface area contributed by atoms with Crippen LogP contribution in [0.25, 0.3) is 0 Å². The average Bonchev–Trinajstić information content (AvgIpc) is 2.59. The maximum Gasteiger partial charge on any atom is 0.328 e. The maximum absolute atomic E-state index is 11.5. The van der Waals surface area contributed by atoms with E-state index in [2.05, 4.69) is 15.8 Å². The standard InChI is InChI=1S/C12H17N3O5/c1-6(5-10(17)18)4-9(16)13-12(19)14-11-7(2)8(3)15-20-11/h6H,4-5H2,1-3H3,(H,17,18)(H2,13,14,16,19). The molecule has 0 aliphatic heterocycles. The Hall–Kier alpha value is -2.38. The Kier molecular flexibility index (Phi) is 5.24. The lowest BCUT2D eigenvalue weighted by atomic mass is 10.0. The molecule has 0 fully saturated rings. The molecule has 0 saturated heterocycles. The van der Waals surface area contributed by atoms with Gasteiger partial charge in [-0.25, -0.2) is 4.79 Å². The van der Waals surface area contributed by atoms with Crippen LogP contribution in [0.15, 0.2) is 4.52 Å². The number of rotatable bonds is 5. The highest BCUT2D eigenvalue weighted by Gasteiger charge is 2.16. The van der Waals surface area contributed by atoms with Crippen LogP contribution in [-0.2, 0) is 9.59 Å². The van der Waals surface area contributed by atoms with Crippen LogP contribution in [-0.4, -0.2) is 28.2 Å². The molecule has 8 heteroatoms. The summed E-state index contributed by atoms with van der Waals surface area (Å²) in [5, 5.41) is 16.7. The summed E-state index contributed by atoms with van der Waals surface area (Å²) in [7, 11) is 0. The smallest absolute Gasteiger partial charge is 0.328 e. The third kappa shape index (κ3) is 4.71. The second kappa shape index (κ2) is 6.69. The van der Waals surface area contributed by atoms with E-state index in [-0.39, 0.29) is 24.6 Å². The molecule has 1 aromatic rings. The minimum Gasteiger partial charge on any atom is -0.481 e. The van der Waals surface area contributed by atoms with Crippen molar-refractivity contribution in [1.82, 2.24) is 10.5 Å². The van der Waals surface area contributed by atoms with Gasteiger partial charge in [-0.3, -0.25) is 20.2 Å². The molecule has 1 unspecified atom stereocenters. The molecule has 0 radical (unpaired) electrons. The number of nitrogens with one attached hydrogen (secondary N) is 2. The van der Waals surface area contributed by atoms with Gasteiger partial charge >= 0.3 is 12.0 Å². The molecule has 1 aromatic heterocycles. The SMILES string of the molecule is Cc1noc(NC(=O)NC(=O)CC(C)CC(=O)O)c1C. The molecule has 0 aliphatic rings. The van der Waals surface area contributed by atoms with Crippen LogP contribution < -0.4 is 10.6 Å². The van der Waals surface area contributed by atoms with Crippen molar-refractivity contribution in [1.29, 1.82) is 0 Å². The minimum absolute atomic E-state index is 0.0475. The van der Waals surface area contributed by atoms with Crippen molar-refractivity contribution in [2.45, 2.75) is 33.6 Å². The number of carboxylic acids is 1. The number of hydrogen-bond donors (Lipinski definition) is 3. The summed E-state index contributed by atoms with van der Waals surface area (Å²) < 4.78 is 4.87. The van der Waals surface area contributed by atoms with Gasteiger partial charge in [-0.15, -0.1) is 0 Å². The van der Waals surface area contributed by atoms with Crippen molar-refractivity contribution in [2.75, 3.05) is 5.32 Å². The molecule has 3 N–H and O–H groups in total. The molecular formula is C12H17N3O5. The van der Waals surface area contributed by atoms with Crippen LogP contribution in [0.3, 0.4) is 0 Å². The van der Waals surface area contributed by atoms with Gasteiger partial charge in [0.05, 0.1) is 5.69 Å². The van der Waals surface area contributed by atoms with Crippen LogP contribution in [0.2, 0.25) is 0 Å². The first-order chi connectivity index (χ1) is 9.29. The summed E-state index contributed by atoms with van der Waals surface area (Å²) in [4.78, 5) is 33.5. The van der Waals surface area contributed by atoms with Gasteiger partial charge in [-0.1, -0.05) is 12.1 Å². The lowest BCUT2D eigenvalue weighted by Crippen LogP contribution is -2.35. The number of carbonyl (C=O) groups excluding carboxylic acids is 2. The molecule has 1 rings (SSSR count). The first-order valence-electron chi connectivity index (χ1n) is 6.05. The van der Waals surface area contributed by atoms with Crippen molar-refractivity contribution in [3.05, 3.63) is 11.3 Å². The fraction of sp³-hybridized carbons (Fsp3) is 0.500. The summed E-state index contributed by atoms with van der Waals surface area (Å²) in [5.74, 6) is -1.71. The number of aromatic nitrogens is 1. The zero-order chi connectivity index (χ0) is 15.3. The molecule has 0 bridgehead atoms. The van der Waals surface area contributed by atoms with E-state index in [1.165, 1.54) is 0 Å². The fourth-order valence-corrected chi connectivity index (χ4v) is 1.53. The number of hydrogen-bond acceptors (Lipinski definition) is 5. The molecule has 0 aromatic carbocycles. The lowest BCUT2D eigenvalue weighted by molar-refractivity contribution is -0.138. The minimum atomic E-state index is -0.984. The predicted octanol–water partition coefficient (Wildman–Crippen LogP) is 1.44. The Balaban J connectivity index is 2.44. The van der Waals surface area contributed by atoms with Crippen LogP contribution in [0.4, 0.5) is 10.7 Å². The number of amides is 3. The van der Waals surface area contributed by atoms with Crippen LogP contribution in [0.5, 0.6) is 0 Å². The van der Waals surface area contributed by atoms with E-state index in [4.69, 9.17) is 9.63 Å². The summed E-state index contributed by atoms with van der Waals surface area (Å²) in [6.45, 7) is 5.06. The summed E-state index contributed by atoms with van der Waals surface area (Å²) in [5.41, 5.74) is 1.31. The maximum atomic E-state index is 11.5. The first-order valence-corrected chi connectivity index (χ1v) is 6.05. The van der Waals surface area contributed by atoms with E-state index in [0.717, 1.165) is 0 Å². The van der Waals surface area contributed by atoms with Crippen molar-refractivity contribution in [3.63, 3.8) is 0 Å². The molecular weight excluding hydrogens is 266 g/mol. The second-order valence-corrected chi connectivity index (χ2v) is 4.63. The van der Waals surface area contributed by atoms with Crippen molar-refractivity contribution < 1.29 is 24.0 Å². The Labute approximate surface area is 115 Å². The number of urea groups is 1. The number of aliphatic carboxylic acids is 1. The van der Waals surface area contributed by atoms with E-state index in [0.29, 0.717) is 11.3 Å². The summed E-state index contributed by atoms with van der Waals surface area (Å²) in [6, 6.07) is -0.739. The Morgan fingerprint density at radius 1 is 1.30 bits per heavy atom. The Morgan fingerprint density at radius 2 is 1.95 bits per heavy atom. The zero-order valence-electron chi connectivity index (χ0n) is 11.5. The summed E-state index contributed by atoms with van der Waals surface area (Å²) in [6.07, 6.45) is -0.177. The largest absolute Gasteiger partial charge is 0.481 e. The van der Waals surface area contributed by atoms with Crippen molar-refractivity contribution >= 4 is 23.8 Å². The Bertz CT molecular complexity index is 523. The molecule has 8 nitrogen and oxygen atoms in total. The quantitative estimate of drug-likeness (QED) is 0.751. The number of imide groups is 1. The first kappa shape index (κ1) is 15.7. The van der Waals surface area contributed by atoms with Gasteiger partial charge in [-0.2, -0.15) is 0 Å². The average molecular weight is 283 g/mol. The number of carbonyl (C=O) groups is 3. The van der Waals surface area contributed by atoms with Gasteiger partial charge in [0.2, 0.25) is 11.8 Å². The Morgan fingerprint density at radius 3 is 2.45 bits per heavy atom. The number of anilines is 1. The predicted molar refractivity (Wildman–Crippen MR) is 69.2 cm³/mol. The molecule has 1 heterocycles. The molecule has 0 saturated carbocycles. The topological polar surface area (TPSA) is 122 Å². The number of carboxylic acid groups (broad SMARTS) is 1. The monoisotopic (exact) mass is 283 g/mol. The number of aryl methyl sites for hydroxylation is 1. The fourth-order valence-electron chi connectivity index (χ4n) is 1.53. The summed E-state index contributed by atoms with van der Waals surface area (Å²) >= 11 is 0. The van der Waals surface area contributed by atoms with Gasteiger partial charge in [0.1, 0.15) is 0 Å². The molecule has 0 spiro atoms. The highest BCUT2D eigenvalue weighted by atomic mass is 16.5. The van der Waals surface area contributed by atoms with Crippen LogP contribution in [0.1, 0.15) is 31.0 Å². The highest BCUT2D eigenvalue weighted by Crippen LogP contribution is 2.16. The van der Waals surface area contributed by atoms with Gasteiger partial charge in [0.25, 0.3) is 0 Å². The molecule has 110 valence electrons. The van der Waals surface area contributed by atoms with E-state index in [1.807, 2.05) is 0 Å². The van der Waals surface area contributed by atoms with Gasteiger partial charge in [-0.05, 0) is 19.8 Å². The molecule has 3 amide bonds. The zero-order valence-corrected chi connectivity index (χ0v) is 11.5. The molecule has 20 heavy (non-hydrogen) atoms. The molecule has 1 atom stereocenters. The molecule has 0 aliphatic carbocycles. The highest BCUT2D eigenvalue weighted by molar-refractivity contribution is 6.00. The van der Waals surface area contributed by atoms with Gasteiger partial charge in [0, 0.05) is 18.4 Å². The third-order valence-corrected chi connectivity index (χ3v) is 2.69. The van der Waals surface area contributed by atoms with Gasteiger partial charge in [0.15, 0.2) is 0 Å².